The monoisotopic (exact) mass is 415 g/mol. The van der Waals surface area contributed by atoms with E-state index in [0.29, 0.717) is 13.2 Å². The number of nitrogens with one attached hydrogen (secondary N) is 2. The summed E-state index contributed by atoms with van der Waals surface area (Å²) in [7, 11) is 3.81. The zero-order valence-electron chi connectivity index (χ0n) is 19.3. The van der Waals surface area contributed by atoms with Crippen LogP contribution in [0.3, 0.4) is 0 Å². The lowest BCUT2D eigenvalue weighted by atomic mass is 10.1. The van der Waals surface area contributed by atoms with Gasteiger partial charge in [0.25, 0.3) is 0 Å². The van der Waals surface area contributed by atoms with Crippen molar-refractivity contribution in [2.24, 2.45) is 12.0 Å². The van der Waals surface area contributed by atoms with Crippen LogP contribution in [0.5, 0.6) is 11.5 Å². The van der Waals surface area contributed by atoms with Crippen LogP contribution in [0.15, 0.2) is 23.2 Å². The standard InChI is InChI=1S/C23H37N5O2/c1-7-19-18(20(8-2)28(6)27-19)16-26-23(24-5)25-14-13-17-11-12-21(29-9-3)22(15-17)30-10-4/h11-12,15H,7-10,13-14,16H2,1-6H3,(H2,24,25,26). The molecule has 0 radical (unpaired) electrons. The van der Waals surface area contributed by atoms with Crippen LogP contribution in [-0.4, -0.2) is 42.5 Å². The summed E-state index contributed by atoms with van der Waals surface area (Å²) in [6.45, 7) is 11.0. The maximum atomic E-state index is 5.72. The quantitative estimate of drug-likeness (QED) is 0.435. The van der Waals surface area contributed by atoms with Gasteiger partial charge in [0, 0.05) is 38.4 Å². The van der Waals surface area contributed by atoms with Gasteiger partial charge in [-0.15, -0.1) is 0 Å². The van der Waals surface area contributed by atoms with Crippen molar-refractivity contribution in [3.63, 3.8) is 0 Å². The van der Waals surface area contributed by atoms with Crippen molar-refractivity contribution in [3.8, 4) is 11.5 Å². The molecule has 0 fully saturated rings. The van der Waals surface area contributed by atoms with Gasteiger partial charge >= 0.3 is 0 Å². The molecule has 1 heterocycles. The largest absolute Gasteiger partial charge is 0.490 e. The van der Waals surface area contributed by atoms with Gasteiger partial charge in [-0.1, -0.05) is 19.9 Å². The fourth-order valence-corrected chi connectivity index (χ4v) is 3.56. The predicted octanol–water partition coefficient (Wildman–Crippen LogP) is 3.25. The van der Waals surface area contributed by atoms with E-state index in [1.807, 2.05) is 31.6 Å². The van der Waals surface area contributed by atoms with Crippen LogP contribution in [0.25, 0.3) is 0 Å². The minimum Gasteiger partial charge on any atom is -0.490 e. The molecule has 0 aliphatic carbocycles. The molecule has 0 saturated carbocycles. The maximum absolute atomic E-state index is 5.72. The molecule has 0 unspecified atom stereocenters. The van der Waals surface area contributed by atoms with Crippen molar-refractivity contribution in [1.29, 1.82) is 0 Å². The fourth-order valence-electron chi connectivity index (χ4n) is 3.56. The van der Waals surface area contributed by atoms with Gasteiger partial charge < -0.3 is 20.1 Å². The zero-order valence-corrected chi connectivity index (χ0v) is 19.3. The third kappa shape index (κ3) is 6.15. The van der Waals surface area contributed by atoms with Gasteiger partial charge in [0.15, 0.2) is 17.5 Å². The average molecular weight is 416 g/mol. The van der Waals surface area contributed by atoms with E-state index in [2.05, 4.69) is 46.7 Å². The Morgan fingerprint density at radius 1 is 1.03 bits per heavy atom. The Morgan fingerprint density at radius 2 is 1.77 bits per heavy atom. The first-order chi connectivity index (χ1) is 14.6. The lowest BCUT2D eigenvalue weighted by Gasteiger charge is -2.14. The summed E-state index contributed by atoms with van der Waals surface area (Å²) in [6, 6.07) is 6.13. The Labute approximate surface area is 180 Å². The van der Waals surface area contributed by atoms with Crippen LogP contribution in [0.1, 0.15) is 50.2 Å². The molecule has 7 heteroatoms. The van der Waals surface area contributed by atoms with Crippen LogP contribution < -0.4 is 20.1 Å². The lowest BCUT2D eigenvalue weighted by Crippen LogP contribution is -2.38. The lowest BCUT2D eigenvalue weighted by molar-refractivity contribution is 0.287. The molecule has 1 aromatic carbocycles. The molecule has 0 amide bonds. The van der Waals surface area contributed by atoms with E-state index in [1.54, 1.807) is 7.05 Å². The summed E-state index contributed by atoms with van der Waals surface area (Å²) < 4.78 is 13.4. The van der Waals surface area contributed by atoms with E-state index in [9.17, 15) is 0 Å². The second-order valence-corrected chi connectivity index (χ2v) is 6.95. The molecule has 0 aliphatic rings. The average Bonchev–Trinajstić information content (AvgIpc) is 3.06. The smallest absolute Gasteiger partial charge is 0.191 e. The van der Waals surface area contributed by atoms with Crippen LogP contribution in [0.2, 0.25) is 0 Å². The number of aromatic nitrogens is 2. The zero-order chi connectivity index (χ0) is 21.9. The van der Waals surface area contributed by atoms with Gasteiger partial charge in [-0.25, -0.2) is 0 Å². The second-order valence-electron chi connectivity index (χ2n) is 6.95. The van der Waals surface area contributed by atoms with Gasteiger partial charge in [0.1, 0.15) is 0 Å². The van der Waals surface area contributed by atoms with Gasteiger partial charge in [0.05, 0.1) is 18.9 Å². The predicted molar refractivity (Wildman–Crippen MR) is 123 cm³/mol. The highest BCUT2D eigenvalue weighted by Gasteiger charge is 2.14. The molecule has 0 atom stereocenters. The number of ether oxygens (including phenoxy) is 2. The fraction of sp³-hybridized carbons (Fsp3) is 0.565. The van der Waals surface area contributed by atoms with E-state index in [4.69, 9.17) is 9.47 Å². The molecular formula is C23H37N5O2. The molecule has 2 aromatic rings. The SMILES string of the molecule is CCOc1ccc(CCNC(=NC)NCc2c(CC)nn(C)c2CC)cc1OCC. The molecule has 30 heavy (non-hydrogen) atoms. The summed E-state index contributed by atoms with van der Waals surface area (Å²) in [5, 5.41) is 11.5. The summed E-state index contributed by atoms with van der Waals surface area (Å²) >= 11 is 0. The van der Waals surface area contributed by atoms with Crippen LogP contribution in [0, 0.1) is 0 Å². The van der Waals surface area contributed by atoms with Crippen LogP contribution >= 0.6 is 0 Å². The molecule has 1 aromatic heterocycles. The summed E-state index contributed by atoms with van der Waals surface area (Å²) in [5.74, 6) is 2.39. The van der Waals surface area contributed by atoms with E-state index < -0.39 is 0 Å². The first-order valence-electron chi connectivity index (χ1n) is 10.9. The molecule has 0 spiro atoms. The highest BCUT2D eigenvalue weighted by atomic mass is 16.5. The van der Waals surface area contributed by atoms with E-state index >= 15 is 0 Å². The first kappa shape index (κ1) is 23.6. The number of aliphatic imine (C=N–C) groups is 1. The van der Waals surface area contributed by atoms with E-state index in [0.717, 1.165) is 55.5 Å². The maximum Gasteiger partial charge on any atom is 0.191 e. The Balaban J connectivity index is 1.93. The minimum atomic E-state index is 0.617. The first-order valence-corrected chi connectivity index (χ1v) is 10.9. The number of hydrogen-bond acceptors (Lipinski definition) is 4. The number of rotatable bonds is 11. The van der Waals surface area contributed by atoms with Crippen molar-refractivity contribution < 1.29 is 9.47 Å². The molecule has 2 rings (SSSR count). The molecule has 0 aliphatic heterocycles. The molecule has 0 saturated heterocycles. The number of aryl methyl sites for hydroxylation is 2. The number of nitrogens with zero attached hydrogens (tertiary/aromatic N) is 3. The summed E-state index contributed by atoms with van der Waals surface area (Å²) in [5.41, 5.74) is 4.89. The van der Waals surface area contributed by atoms with Crippen molar-refractivity contribution in [3.05, 3.63) is 40.7 Å². The summed E-state index contributed by atoms with van der Waals surface area (Å²) in [4.78, 5) is 4.36. The second kappa shape index (κ2) is 12.1. The van der Waals surface area contributed by atoms with Gasteiger partial charge in [-0.2, -0.15) is 5.10 Å². The number of guanidine groups is 1. The highest BCUT2D eigenvalue weighted by Crippen LogP contribution is 2.28. The molecule has 0 bridgehead atoms. The van der Waals surface area contributed by atoms with Crippen molar-refractivity contribution in [1.82, 2.24) is 20.4 Å². The third-order valence-electron chi connectivity index (χ3n) is 5.00. The van der Waals surface area contributed by atoms with Gasteiger partial charge in [-0.05, 0) is 50.8 Å². The Kier molecular flexibility index (Phi) is 9.51. The van der Waals surface area contributed by atoms with E-state index in [-0.39, 0.29) is 0 Å². The normalized spacial score (nSPS) is 11.5. The van der Waals surface area contributed by atoms with Crippen molar-refractivity contribution in [2.45, 2.75) is 53.5 Å². The van der Waals surface area contributed by atoms with Crippen LogP contribution in [-0.2, 0) is 32.9 Å². The summed E-state index contributed by atoms with van der Waals surface area (Å²) in [6.07, 6.45) is 2.75. The highest BCUT2D eigenvalue weighted by molar-refractivity contribution is 5.79. The van der Waals surface area contributed by atoms with Gasteiger partial charge in [-0.3, -0.25) is 9.67 Å². The third-order valence-corrected chi connectivity index (χ3v) is 5.00. The molecule has 7 nitrogen and oxygen atoms in total. The van der Waals surface area contributed by atoms with Crippen molar-refractivity contribution in [2.75, 3.05) is 26.8 Å². The number of benzene rings is 1. The molecule has 166 valence electrons. The Hall–Kier alpha value is -2.70. The topological polar surface area (TPSA) is 72.7 Å². The van der Waals surface area contributed by atoms with Crippen molar-refractivity contribution >= 4 is 5.96 Å². The molecular weight excluding hydrogens is 378 g/mol. The van der Waals surface area contributed by atoms with Gasteiger partial charge in [0.2, 0.25) is 0 Å². The van der Waals surface area contributed by atoms with Crippen LogP contribution in [0.4, 0.5) is 0 Å². The Morgan fingerprint density at radius 3 is 2.40 bits per heavy atom. The molecule has 2 N–H and O–H groups in total. The number of hydrogen-bond donors (Lipinski definition) is 2. The Bertz CT molecular complexity index is 829. The van der Waals surface area contributed by atoms with E-state index in [1.165, 1.54) is 16.8 Å². The minimum absolute atomic E-state index is 0.617.